The molecule has 5 aromatic carbocycles. The summed E-state index contributed by atoms with van der Waals surface area (Å²) in [4.78, 5) is 18.3. The van der Waals surface area contributed by atoms with E-state index in [1.165, 1.54) is 0 Å². The number of anilines is 5. The lowest BCUT2D eigenvalue weighted by atomic mass is 9.89. The Morgan fingerprint density at radius 2 is 0.947 bits per heavy atom. The summed E-state index contributed by atoms with van der Waals surface area (Å²) in [6, 6.07) is 51.6. The zero-order valence-corrected chi connectivity index (χ0v) is 31.3. The summed E-state index contributed by atoms with van der Waals surface area (Å²) < 4.78 is 0. The molecule has 0 aliphatic heterocycles. The van der Waals surface area contributed by atoms with Crippen molar-refractivity contribution in [2.75, 3.05) is 9.80 Å². The zero-order valence-electron chi connectivity index (χ0n) is 31.3. The quantitative estimate of drug-likeness (QED) is 0.0765. The normalized spacial score (nSPS) is 11.9. The van der Waals surface area contributed by atoms with Crippen molar-refractivity contribution in [2.45, 2.75) is 0 Å². The molecule has 0 unspecified atom stereocenters. The maximum atomic E-state index is 6.83. The van der Waals surface area contributed by atoms with Crippen molar-refractivity contribution < 1.29 is 0 Å². The minimum Gasteiger partial charge on any atom is -0.385 e. The van der Waals surface area contributed by atoms with E-state index in [1.807, 2.05) is 102 Å². The van der Waals surface area contributed by atoms with Crippen molar-refractivity contribution in [3.05, 3.63) is 229 Å². The zero-order chi connectivity index (χ0) is 38.8. The molecule has 0 saturated heterocycles. The fourth-order valence-electron chi connectivity index (χ4n) is 6.96. The molecular formula is C51H40N6. The van der Waals surface area contributed by atoms with Crippen LogP contribution in [0.4, 0.5) is 28.8 Å². The minimum absolute atomic E-state index is 0.520. The lowest BCUT2D eigenvalue weighted by molar-refractivity contribution is 1.07. The molecule has 3 heterocycles. The smallest absolute Gasteiger partial charge is 0.138 e. The first-order valence-corrected chi connectivity index (χ1v) is 18.8. The second kappa shape index (κ2) is 17.1. The first kappa shape index (κ1) is 36.2. The Balaban J connectivity index is 1.43. The lowest BCUT2D eigenvalue weighted by Gasteiger charge is -2.26. The van der Waals surface area contributed by atoms with E-state index in [0.717, 1.165) is 66.8 Å². The lowest BCUT2D eigenvalue weighted by Crippen LogP contribution is -2.23. The molecule has 0 aliphatic rings. The number of nitrogens with two attached hydrogens (primary N) is 1. The van der Waals surface area contributed by atoms with Gasteiger partial charge in [-0.05, 0) is 111 Å². The standard InChI is InChI=1S/C51H40N6/c1-2-3-6-21-48(52)56(49-22-11-14-33-53-49)40-27-31-44-43(30-26-39-19-9-5-10-20-39)47-37-41(57(50-23-12-15-34-54-50)51-24-13-16-35-55-51)28-32-45(47)42(46(44)36-40)29-25-38-17-7-4-8-18-38/h2-37H,1,52H2/b6-3-,29-25+,30-26+,48-21+. The van der Waals surface area contributed by atoms with Gasteiger partial charge < -0.3 is 5.73 Å². The van der Waals surface area contributed by atoms with Crippen LogP contribution >= 0.6 is 0 Å². The second-order valence-electron chi connectivity index (χ2n) is 13.2. The van der Waals surface area contributed by atoms with E-state index >= 15 is 0 Å². The molecule has 0 radical (unpaired) electrons. The molecule has 0 saturated carbocycles. The largest absolute Gasteiger partial charge is 0.385 e. The van der Waals surface area contributed by atoms with Crippen molar-refractivity contribution in [2.24, 2.45) is 5.73 Å². The first-order chi connectivity index (χ1) is 28.2. The van der Waals surface area contributed by atoms with Crippen molar-refractivity contribution >= 4 is 74.7 Å². The highest BCUT2D eigenvalue weighted by Crippen LogP contribution is 2.42. The van der Waals surface area contributed by atoms with Crippen LogP contribution in [0.2, 0.25) is 0 Å². The van der Waals surface area contributed by atoms with Gasteiger partial charge in [0.2, 0.25) is 0 Å². The van der Waals surface area contributed by atoms with Gasteiger partial charge in [0, 0.05) is 30.0 Å². The summed E-state index contributed by atoms with van der Waals surface area (Å²) in [5.41, 5.74) is 13.0. The predicted octanol–water partition coefficient (Wildman–Crippen LogP) is 12.7. The summed E-state index contributed by atoms with van der Waals surface area (Å²) in [6.07, 6.45) is 21.5. The predicted molar refractivity (Wildman–Crippen MR) is 240 cm³/mol. The molecule has 57 heavy (non-hydrogen) atoms. The van der Waals surface area contributed by atoms with Crippen LogP contribution in [0, 0.1) is 0 Å². The number of fused-ring (bicyclic) bond motifs is 2. The summed E-state index contributed by atoms with van der Waals surface area (Å²) in [5.74, 6) is 2.77. The van der Waals surface area contributed by atoms with Gasteiger partial charge in [0.05, 0.1) is 0 Å². The SMILES string of the molecule is C=C/C=C\C=C(/N)N(c1ccc2c(/C=C/c3ccccc3)c3cc(N(c4ccccn4)c4ccccn4)ccc3c(/C=C/c3ccccc3)c2c1)c1ccccn1. The van der Waals surface area contributed by atoms with Crippen molar-refractivity contribution in [1.29, 1.82) is 0 Å². The Hall–Kier alpha value is -7.83. The summed E-state index contributed by atoms with van der Waals surface area (Å²) in [7, 11) is 0. The third-order valence-corrected chi connectivity index (χ3v) is 9.57. The molecule has 0 fully saturated rings. The fraction of sp³-hybridized carbons (Fsp3) is 0. The summed E-state index contributed by atoms with van der Waals surface area (Å²) in [6.45, 7) is 3.81. The molecule has 8 aromatic rings. The highest BCUT2D eigenvalue weighted by Gasteiger charge is 2.20. The molecule has 0 aliphatic carbocycles. The van der Waals surface area contributed by atoms with Crippen LogP contribution in [0.25, 0.3) is 45.8 Å². The molecule has 6 nitrogen and oxygen atoms in total. The number of allylic oxidation sites excluding steroid dienone is 4. The molecule has 274 valence electrons. The molecule has 0 bridgehead atoms. The molecule has 3 aromatic heterocycles. The van der Waals surface area contributed by atoms with Crippen LogP contribution in [0.3, 0.4) is 0 Å². The van der Waals surface area contributed by atoms with Gasteiger partial charge in [0.1, 0.15) is 23.3 Å². The molecule has 0 amide bonds. The van der Waals surface area contributed by atoms with Gasteiger partial charge in [-0.25, -0.2) is 15.0 Å². The summed E-state index contributed by atoms with van der Waals surface area (Å²) in [5, 5.41) is 4.32. The monoisotopic (exact) mass is 736 g/mol. The number of aromatic nitrogens is 3. The van der Waals surface area contributed by atoms with Crippen LogP contribution in [-0.2, 0) is 0 Å². The van der Waals surface area contributed by atoms with Gasteiger partial charge in [-0.15, -0.1) is 0 Å². The van der Waals surface area contributed by atoms with Crippen LogP contribution in [0.15, 0.2) is 207 Å². The van der Waals surface area contributed by atoms with Crippen molar-refractivity contribution in [1.82, 2.24) is 15.0 Å². The Morgan fingerprint density at radius 1 is 0.474 bits per heavy atom. The Kier molecular flexibility index (Phi) is 10.8. The second-order valence-corrected chi connectivity index (χ2v) is 13.2. The topological polar surface area (TPSA) is 71.2 Å². The van der Waals surface area contributed by atoms with Gasteiger partial charge in [-0.1, -0.05) is 140 Å². The van der Waals surface area contributed by atoms with Crippen LogP contribution in [0.1, 0.15) is 22.3 Å². The number of benzene rings is 5. The van der Waals surface area contributed by atoms with E-state index in [4.69, 9.17) is 20.7 Å². The van der Waals surface area contributed by atoms with Crippen molar-refractivity contribution in [3.63, 3.8) is 0 Å². The van der Waals surface area contributed by atoms with Crippen LogP contribution < -0.4 is 15.5 Å². The highest BCUT2D eigenvalue weighted by molar-refractivity contribution is 6.16. The Labute approximate surface area is 333 Å². The first-order valence-electron chi connectivity index (χ1n) is 18.8. The molecule has 8 rings (SSSR count). The van der Waals surface area contributed by atoms with E-state index in [-0.39, 0.29) is 0 Å². The van der Waals surface area contributed by atoms with E-state index in [2.05, 4.69) is 121 Å². The van der Waals surface area contributed by atoms with Gasteiger partial charge in [0.25, 0.3) is 0 Å². The average molecular weight is 737 g/mol. The number of nitrogens with zero attached hydrogens (tertiary/aromatic N) is 5. The van der Waals surface area contributed by atoms with E-state index in [0.29, 0.717) is 11.6 Å². The van der Waals surface area contributed by atoms with Crippen LogP contribution in [-0.4, -0.2) is 15.0 Å². The number of rotatable bonds is 12. The van der Waals surface area contributed by atoms with Crippen molar-refractivity contribution in [3.8, 4) is 0 Å². The molecule has 2 N–H and O–H groups in total. The highest BCUT2D eigenvalue weighted by atomic mass is 15.2. The Bertz CT molecular complexity index is 2700. The molecular weight excluding hydrogens is 697 g/mol. The average Bonchev–Trinajstić information content (AvgIpc) is 3.27. The number of hydrogen-bond acceptors (Lipinski definition) is 6. The van der Waals surface area contributed by atoms with Crippen LogP contribution in [0.5, 0.6) is 0 Å². The third-order valence-electron chi connectivity index (χ3n) is 9.57. The maximum Gasteiger partial charge on any atom is 0.138 e. The third kappa shape index (κ3) is 8.02. The minimum atomic E-state index is 0.520. The molecule has 0 atom stereocenters. The maximum absolute atomic E-state index is 6.83. The number of hydrogen-bond donors (Lipinski definition) is 1. The molecule has 6 heteroatoms. The fourth-order valence-corrected chi connectivity index (χ4v) is 6.96. The van der Waals surface area contributed by atoms with Gasteiger partial charge in [-0.2, -0.15) is 0 Å². The van der Waals surface area contributed by atoms with Gasteiger partial charge in [0.15, 0.2) is 0 Å². The summed E-state index contributed by atoms with van der Waals surface area (Å²) >= 11 is 0. The molecule has 0 spiro atoms. The van der Waals surface area contributed by atoms with E-state index < -0.39 is 0 Å². The van der Waals surface area contributed by atoms with E-state index in [9.17, 15) is 0 Å². The number of pyridine rings is 3. The van der Waals surface area contributed by atoms with Gasteiger partial charge >= 0.3 is 0 Å². The van der Waals surface area contributed by atoms with Gasteiger partial charge in [-0.3, -0.25) is 9.80 Å². The van der Waals surface area contributed by atoms with E-state index in [1.54, 1.807) is 12.3 Å². The Morgan fingerprint density at radius 3 is 1.44 bits per heavy atom.